The number of nitrogens with two attached hydrogens (primary N) is 1. The summed E-state index contributed by atoms with van der Waals surface area (Å²) in [5.41, 5.74) is 8.08. The van der Waals surface area contributed by atoms with Gasteiger partial charge < -0.3 is 21.3 Å². The minimum atomic E-state index is -0.396. The number of carbonyl (C=O) groups is 2. The third kappa shape index (κ3) is 6.71. The van der Waals surface area contributed by atoms with Crippen molar-refractivity contribution in [1.29, 1.82) is 0 Å². The number of nitrogens with zero attached hydrogens (tertiary/aromatic N) is 1. The highest BCUT2D eigenvalue weighted by Gasteiger charge is 2.22. The first kappa shape index (κ1) is 23.8. The molecule has 6 nitrogen and oxygen atoms in total. The number of primary amides is 1. The molecule has 0 radical (unpaired) electrons. The van der Waals surface area contributed by atoms with Crippen LogP contribution in [0.5, 0.6) is 0 Å². The first-order valence-electron chi connectivity index (χ1n) is 8.80. The molecule has 1 fully saturated rings. The van der Waals surface area contributed by atoms with Gasteiger partial charge in [-0.15, -0.1) is 24.8 Å². The average molecular weight is 425 g/mol. The van der Waals surface area contributed by atoms with E-state index in [1.54, 1.807) is 0 Å². The minimum absolute atomic E-state index is 0. The maximum Gasteiger partial charge on any atom is 0.236 e. The van der Waals surface area contributed by atoms with Crippen molar-refractivity contribution in [3.63, 3.8) is 0 Å². The summed E-state index contributed by atoms with van der Waals surface area (Å²) >= 11 is 0. The first-order valence-corrected chi connectivity index (χ1v) is 8.80. The topological polar surface area (TPSA) is 87.5 Å². The van der Waals surface area contributed by atoms with Crippen LogP contribution in [0.3, 0.4) is 0 Å². The van der Waals surface area contributed by atoms with Gasteiger partial charge in [0.25, 0.3) is 0 Å². The lowest BCUT2D eigenvalue weighted by molar-refractivity contribution is -0.119. The zero-order valence-electron chi connectivity index (χ0n) is 15.5. The standard InChI is InChI=1S/C20H24N4O2.2ClH/c21-19(25)14-24(13-15-5-2-1-3-6-15)18-8-4-7-17(11-18)23-20(26)16-9-10-22-12-16;;/h1-8,11,16,22H,9-10,12-14H2,(H2,21,25)(H,23,26);2*1H. The van der Waals surface area contributed by atoms with Gasteiger partial charge in [0.2, 0.25) is 11.8 Å². The molecule has 28 heavy (non-hydrogen) atoms. The molecule has 1 saturated heterocycles. The molecule has 2 aromatic rings. The molecule has 1 atom stereocenters. The lowest BCUT2D eigenvalue weighted by Gasteiger charge is -2.24. The summed E-state index contributed by atoms with van der Waals surface area (Å²) in [4.78, 5) is 25.7. The van der Waals surface area contributed by atoms with Gasteiger partial charge in [-0.1, -0.05) is 36.4 Å². The Kier molecular flexibility index (Phi) is 9.79. The van der Waals surface area contributed by atoms with Gasteiger partial charge in [0.1, 0.15) is 0 Å². The van der Waals surface area contributed by atoms with Crippen LogP contribution in [-0.4, -0.2) is 31.4 Å². The number of rotatable bonds is 7. The molecule has 152 valence electrons. The van der Waals surface area contributed by atoms with Gasteiger partial charge in [0, 0.05) is 24.5 Å². The molecule has 0 bridgehead atoms. The normalized spacial score (nSPS) is 15.1. The summed E-state index contributed by atoms with van der Waals surface area (Å²) < 4.78 is 0. The summed E-state index contributed by atoms with van der Waals surface area (Å²) in [6.45, 7) is 2.27. The number of benzene rings is 2. The van der Waals surface area contributed by atoms with Gasteiger partial charge in [-0.25, -0.2) is 0 Å². The largest absolute Gasteiger partial charge is 0.368 e. The second-order valence-electron chi connectivity index (χ2n) is 6.54. The van der Waals surface area contributed by atoms with E-state index in [-0.39, 0.29) is 43.2 Å². The highest BCUT2D eigenvalue weighted by Crippen LogP contribution is 2.22. The van der Waals surface area contributed by atoms with E-state index in [0.29, 0.717) is 13.1 Å². The van der Waals surface area contributed by atoms with Crippen molar-refractivity contribution in [2.75, 3.05) is 29.9 Å². The van der Waals surface area contributed by atoms with E-state index in [4.69, 9.17) is 5.73 Å². The molecule has 0 spiro atoms. The van der Waals surface area contributed by atoms with Crippen LogP contribution in [0.15, 0.2) is 54.6 Å². The molecule has 4 N–H and O–H groups in total. The molecule has 1 aliphatic heterocycles. The number of nitrogens with one attached hydrogen (secondary N) is 2. The van der Waals surface area contributed by atoms with Crippen LogP contribution in [0.2, 0.25) is 0 Å². The Hall–Kier alpha value is -2.28. The van der Waals surface area contributed by atoms with Gasteiger partial charge in [-0.2, -0.15) is 0 Å². The van der Waals surface area contributed by atoms with Crippen LogP contribution >= 0.6 is 24.8 Å². The van der Waals surface area contributed by atoms with Crippen LogP contribution in [0.1, 0.15) is 12.0 Å². The highest BCUT2D eigenvalue weighted by molar-refractivity contribution is 5.93. The maximum absolute atomic E-state index is 12.3. The Bertz CT molecular complexity index is 768. The summed E-state index contributed by atoms with van der Waals surface area (Å²) in [5, 5.41) is 6.17. The van der Waals surface area contributed by atoms with Crippen molar-refractivity contribution in [2.24, 2.45) is 11.7 Å². The molecule has 1 unspecified atom stereocenters. The number of anilines is 2. The van der Waals surface area contributed by atoms with E-state index in [1.807, 2.05) is 59.5 Å². The van der Waals surface area contributed by atoms with Crippen molar-refractivity contribution < 1.29 is 9.59 Å². The van der Waals surface area contributed by atoms with Crippen LogP contribution in [0.25, 0.3) is 0 Å². The molecule has 1 aliphatic rings. The fourth-order valence-corrected chi connectivity index (χ4v) is 3.13. The Morgan fingerprint density at radius 1 is 1.11 bits per heavy atom. The highest BCUT2D eigenvalue weighted by atomic mass is 35.5. The second kappa shape index (κ2) is 11.5. The molecule has 2 aromatic carbocycles. The second-order valence-corrected chi connectivity index (χ2v) is 6.54. The average Bonchev–Trinajstić information content (AvgIpc) is 3.17. The van der Waals surface area contributed by atoms with Crippen molar-refractivity contribution >= 4 is 48.0 Å². The molecule has 8 heteroatoms. The van der Waals surface area contributed by atoms with E-state index in [0.717, 1.165) is 29.9 Å². The third-order valence-corrected chi connectivity index (χ3v) is 4.47. The molecule has 0 saturated carbocycles. The third-order valence-electron chi connectivity index (χ3n) is 4.47. The number of amides is 2. The number of halogens is 2. The molecule has 2 amide bonds. The van der Waals surface area contributed by atoms with Crippen molar-refractivity contribution in [1.82, 2.24) is 5.32 Å². The van der Waals surface area contributed by atoms with E-state index in [9.17, 15) is 9.59 Å². The summed E-state index contributed by atoms with van der Waals surface area (Å²) in [5.74, 6) is -0.367. The fraction of sp³-hybridized carbons (Fsp3) is 0.300. The lowest BCUT2D eigenvalue weighted by Crippen LogP contribution is -2.33. The first-order chi connectivity index (χ1) is 12.6. The van der Waals surface area contributed by atoms with Crippen LogP contribution in [0, 0.1) is 5.92 Å². The Morgan fingerprint density at radius 3 is 2.50 bits per heavy atom. The maximum atomic E-state index is 12.3. The SMILES string of the molecule is Cl.Cl.NC(=O)CN(Cc1ccccc1)c1cccc(NC(=O)C2CCNC2)c1. The van der Waals surface area contributed by atoms with Crippen molar-refractivity contribution in [3.8, 4) is 0 Å². The zero-order valence-corrected chi connectivity index (χ0v) is 17.1. The van der Waals surface area contributed by atoms with E-state index < -0.39 is 5.91 Å². The molecular weight excluding hydrogens is 399 g/mol. The quantitative estimate of drug-likeness (QED) is 0.637. The number of hydrogen-bond donors (Lipinski definition) is 3. The predicted molar refractivity (Wildman–Crippen MR) is 117 cm³/mol. The molecule has 1 heterocycles. The molecule has 0 aliphatic carbocycles. The van der Waals surface area contributed by atoms with Gasteiger partial charge in [-0.05, 0) is 36.7 Å². The van der Waals surface area contributed by atoms with Gasteiger partial charge in [-0.3, -0.25) is 9.59 Å². The number of carbonyl (C=O) groups excluding carboxylic acids is 2. The Balaban J connectivity index is 0.00000196. The zero-order chi connectivity index (χ0) is 18.4. The van der Waals surface area contributed by atoms with Crippen molar-refractivity contribution in [3.05, 3.63) is 60.2 Å². The summed E-state index contributed by atoms with van der Waals surface area (Å²) in [6, 6.07) is 17.4. The number of hydrogen-bond acceptors (Lipinski definition) is 4. The van der Waals surface area contributed by atoms with Crippen LogP contribution in [0.4, 0.5) is 11.4 Å². The van der Waals surface area contributed by atoms with Gasteiger partial charge >= 0.3 is 0 Å². The monoisotopic (exact) mass is 424 g/mol. The van der Waals surface area contributed by atoms with Gasteiger partial charge in [0.15, 0.2) is 0 Å². The summed E-state index contributed by atoms with van der Waals surface area (Å²) in [7, 11) is 0. The van der Waals surface area contributed by atoms with Gasteiger partial charge in [0.05, 0.1) is 12.5 Å². The molecular formula is C20H26Cl2N4O2. The summed E-state index contributed by atoms with van der Waals surface area (Å²) in [6.07, 6.45) is 0.854. The smallest absolute Gasteiger partial charge is 0.236 e. The van der Waals surface area contributed by atoms with E-state index in [1.165, 1.54) is 0 Å². The van der Waals surface area contributed by atoms with Crippen LogP contribution < -0.4 is 21.3 Å². The molecule has 3 rings (SSSR count). The van der Waals surface area contributed by atoms with Crippen molar-refractivity contribution in [2.45, 2.75) is 13.0 Å². The Labute approximate surface area is 177 Å². The van der Waals surface area contributed by atoms with E-state index in [2.05, 4.69) is 10.6 Å². The minimum Gasteiger partial charge on any atom is -0.368 e. The van der Waals surface area contributed by atoms with E-state index >= 15 is 0 Å². The molecule has 0 aromatic heterocycles. The fourth-order valence-electron chi connectivity index (χ4n) is 3.13. The lowest BCUT2D eigenvalue weighted by atomic mass is 10.1. The Morgan fingerprint density at radius 2 is 1.86 bits per heavy atom. The van der Waals surface area contributed by atoms with Crippen LogP contribution in [-0.2, 0) is 16.1 Å². The predicted octanol–water partition coefficient (Wildman–Crippen LogP) is 2.57.